The highest BCUT2D eigenvalue weighted by Crippen LogP contribution is 2.26. The molecule has 4 nitrogen and oxygen atoms in total. The van der Waals surface area contributed by atoms with E-state index in [0.717, 1.165) is 11.1 Å². The van der Waals surface area contributed by atoms with E-state index in [1.54, 1.807) is 18.2 Å². The quantitative estimate of drug-likeness (QED) is 0.922. The third-order valence-electron chi connectivity index (χ3n) is 3.51. The third-order valence-corrected chi connectivity index (χ3v) is 3.92. The summed E-state index contributed by atoms with van der Waals surface area (Å²) in [5.74, 6) is -0.472. The van der Waals surface area contributed by atoms with Crippen LogP contribution in [0.25, 0.3) is 0 Å². The molecule has 2 aromatic rings. The molecule has 2 amide bonds. The molecule has 5 heteroatoms. The third kappa shape index (κ3) is 4.33. The zero-order chi connectivity index (χ0) is 17.0. The normalized spacial score (nSPS) is 10.3. The lowest BCUT2D eigenvalue weighted by Gasteiger charge is -2.23. The van der Waals surface area contributed by atoms with Crippen molar-refractivity contribution in [1.29, 1.82) is 0 Å². The van der Waals surface area contributed by atoms with E-state index >= 15 is 0 Å². The fraction of sp³-hybridized carbons (Fsp3) is 0.222. The van der Waals surface area contributed by atoms with Crippen LogP contribution in [0.4, 0.5) is 11.4 Å². The van der Waals surface area contributed by atoms with Crippen LogP contribution in [0.1, 0.15) is 18.1 Å². The number of hydrogen-bond donors (Lipinski definition) is 1. The number of benzene rings is 2. The molecular weight excluding hydrogens is 312 g/mol. The molecule has 0 aliphatic carbocycles. The van der Waals surface area contributed by atoms with Gasteiger partial charge < -0.3 is 10.2 Å². The smallest absolute Gasteiger partial charge is 0.244 e. The van der Waals surface area contributed by atoms with Gasteiger partial charge in [-0.15, -0.1) is 0 Å². The predicted octanol–water partition coefficient (Wildman–Crippen LogP) is 3.95. The molecule has 0 aromatic heterocycles. The Kier molecular flexibility index (Phi) is 5.40. The van der Waals surface area contributed by atoms with Gasteiger partial charge in [-0.05, 0) is 49.2 Å². The second-order valence-corrected chi connectivity index (χ2v) is 5.81. The average molecular weight is 331 g/mol. The Morgan fingerprint density at radius 2 is 1.83 bits per heavy atom. The summed E-state index contributed by atoms with van der Waals surface area (Å²) in [7, 11) is 0. The number of carbonyl (C=O) groups excluding carboxylic acids is 2. The van der Waals surface area contributed by atoms with Crippen LogP contribution >= 0.6 is 11.6 Å². The fourth-order valence-electron chi connectivity index (χ4n) is 2.32. The van der Waals surface area contributed by atoms with E-state index in [1.807, 2.05) is 38.1 Å². The molecule has 0 saturated heterocycles. The lowest BCUT2D eigenvalue weighted by molar-refractivity contribution is -0.120. The van der Waals surface area contributed by atoms with E-state index in [2.05, 4.69) is 5.32 Å². The molecule has 0 radical (unpaired) electrons. The second kappa shape index (κ2) is 7.29. The van der Waals surface area contributed by atoms with Crippen LogP contribution in [0.5, 0.6) is 0 Å². The summed E-state index contributed by atoms with van der Waals surface area (Å²) in [5, 5.41) is 3.37. The van der Waals surface area contributed by atoms with Crippen LogP contribution in [0, 0.1) is 13.8 Å². The molecular formula is C18H19ClN2O2. The van der Waals surface area contributed by atoms with E-state index < -0.39 is 0 Å². The summed E-state index contributed by atoms with van der Waals surface area (Å²) in [6.45, 7) is 5.14. The van der Waals surface area contributed by atoms with Crippen LogP contribution in [0.2, 0.25) is 5.02 Å². The molecule has 0 bridgehead atoms. The van der Waals surface area contributed by atoms with Gasteiger partial charge in [0, 0.05) is 23.3 Å². The minimum Gasteiger partial charge on any atom is -0.325 e. The fourth-order valence-corrected chi connectivity index (χ4v) is 2.49. The number of carbonyl (C=O) groups is 2. The second-order valence-electron chi connectivity index (χ2n) is 5.41. The van der Waals surface area contributed by atoms with Crippen LogP contribution in [-0.2, 0) is 9.59 Å². The van der Waals surface area contributed by atoms with Gasteiger partial charge in [0.2, 0.25) is 11.8 Å². The number of hydrogen-bond acceptors (Lipinski definition) is 2. The van der Waals surface area contributed by atoms with Crippen LogP contribution in [0.3, 0.4) is 0 Å². The number of amides is 2. The van der Waals surface area contributed by atoms with Crippen molar-refractivity contribution in [2.75, 3.05) is 16.8 Å². The summed E-state index contributed by atoms with van der Waals surface area (Å²) in [5.41, 5.74) is 3.18. The van der Waals surface area contributed by atoms with E-state index in [0.29, 0.717) is 16.4 Å². The monoisotopic (exact) mass is 330 g/mol. The van der Waals surface area contributed by atoms with Gasteiger partial charge in [0.25, 0.3) is 0 Å². The molecule has 0 unspecified atom stereocenters. The predicted molar refractivity (Wildman–Crippen MR) is 94.0 cm³/mol. The van der Waals surface area contributed by atoms with E-state index in [-0.39, 0.29) is 18.4 Å². The molecule has 0 heterocycles. The van der Waals surface area contributed by atoms with Crippen molar-refractivity contribution in [2.45, 2.75) is 20.8 Å². The molecule has 0 spiro atoms. The number of nitrogens with zero attached hydrogens (tertiary/aromatic N) is 1. The standard InChI is InChI=1S/C18H19ClN2O2/c1-12-6-4-7-15(10-12)20-18(23)11-21(14(3)22)17-9-5-8-16(19)13(17)2/h4-10H,11H2,1-3H3,(H,20,23). The molecule has 0 atom stereocenters. The van der Waals surface area contributed by atoms with E-state index in [4.69, 9.17) is 11.6 Å². The first-order chi connectivity index (χ1) is 10.9. The zero-order valence-electron chi connectivity index (χ0n) is 13.4. The minimum atomic E-state index is -0.259. The zero-order valence-corrected chi connectivity index (χ0v) is 14.1. The van der Waals surface area contributed by atoms with Crippen molar-refractivity contribution >= 4 is 34.8 Å². The first-order valence-corrected chi connectivity index (χ1v) is 7.66. The molecule has 0 saturated carbocycles. The van der Waals surface area contributed by atoms with Crippen molar-refractivity contribution in [3.63, 3.8) is 0 Å². The first kappa shape index (κ1) is 17.0. The van der Waals surface area contributed by atoms with Crippen LogP contribution in [0.15, 0.2) is 42.5 Å². The van der Waals surface area contributed by atoms with Crippen LogP contribution < -0.4 is 10.2 Å². The Bertz CT molecular complexity index is 744. The van der Waals surface area contributed by atoms with Gasteiger partial charge in [-0.25, -0.2) is 0 Å². The minimum absolute atomic E-state index is 0.0650. The number of nitrogens with one attached hydrogen (secondary N) is 1. The molecule has 0 aliphatic rings. The van der Waals surface area contributed by atoms with Crippen molar-refractivity contribution in [3.05, 3.63) is 58.6 Å². The van der Waals surface area contributed by atoms with Gasteiger partial charge in [-0.3, -0.25) is 9.59 Å². The van der Waals surface area contributed by atoms with Crippen molar-refractivity contribution in [1.82, 2.24) is 0 Å². The highest BCUT2D eigenvalue weighted by Gasteiger charge is 2.18. The lowest BCUT2D eigenvalue weighted by atomic mass is 10.1. The number of halogens is 1. The largest absolute Gasteiger partial charge is 0.325 e. The molecule has 2 rings (SSSR count). The van der Waals surface area contributed by atoms with Gasteiger partial charge >= 0.3 is 0 Å². The van der Waals surface area contributed by atoms with Gasteiger partial charge in [0.05, 0.1) is 0 Å². The maximum absolute atomic E-state index is 12.3. The Hall–Kier alpha value is -2.33. The van der Waals surface area contributed by atoms with Gasteiger partial charge in [-0.2, -0.15) is 0 Å². The average Bonchev–Trinajstić information content (AvgIpc) is 2.48. The van der Waals surface area contributed by atoms with Crippen molar-refractivity contribution in [2.24, 2.45) is 0 Å². The SMILES string of the molecule is CC(=O)N(CC(=O)Nc1cccc(C)c1)c1cccc(Cl)c1C. The summed E-state index contributed by atoms with van der Waals surface area (Å²) in [4.78, 5) is 25.6. The molecule has 2 aromatic carbocycles. The summed E-state index contributed by atoms with van der Waals surface area (Å²) < 4.78 is 0. The van der Waals surface area contributed by atoms with Gasteiger partial charge in [0.1, 0.15) is 6.54 Å². The summed E-state index contributed by atoms with van der Waals surface area (Å²) in [6, 6.07) is 12.8. The van der Waals surface area contributed by atoms with Gasteiger partial charge in [-0.1, -0.05) is 29.8 Å². The lowest BCUT2D eigenvalue weighted by Crippen LogP contribution is -2.37. The van der Waals surface area contributed by atoms with Crippen molar-refractivity contribution in [3.8, 4) is 0 Å². The number of rotatable bonds is 4. The summed E-state index contributed by atoms with van der Waals surface area (Å²) in [6.07, 6.45) is 0. The Morgan fingerprint density at radius 3 is 2.48 bits per heavy atom. The topological polar surface area (TPSA) is 49.4 Å². The molecule has 0 aliphatic heterocycles. The first-order valence-electron chi connectivity index (χ1n) is 7.28. The molecule has 0 fully saturated rings. The Balaban J connectivity index is 2.18. The highest BCUT2D eigenvalue weighted by molar-refractivity contribution is 6.31. The maximum Gasteiger partial charge on any atom is 0.244 e. The Labute approximate surface area is 141 Å². The van der Waals surface area contributed by atoms with Gasteiger partial charge in [0.15, 0.2) is 0 Å². The van der Waals surface area contributed by atoms with E-state index in [1.165, 1.54) is 11.8 Å². The van der Waals surface area contributed by atoms with E-state index in [9.17, 15) is 9.59 Å². The van der Waals surface area contributed by atoms with Crippen LogP contribution in [-0.4, -0.2) is 18.4 Å². The molecule has 120 valence electrons. The number of anilines is 2. The van der Waals surface area contributed by atoms with Crippen molar-refractivity contribution < 1.29 is 9.59 Å². The summed E-state index contributed by atoms with van der Waals surface area (Å²) >= 11 is 6.11. The maximum atomic E-state index is 12.3. The Morgan fingerprint density at radius 1 is 1.13 bits per heavy atom. The highest BCUT2D eigenvalue weighted by atomic mass is 35.5. The molecule has 23 heavy (non-hydrogen) atoms. The number of aryl methyl sites for hydroxylation is 1. The molecule has 1 N–H and O–H groups in total.